The molecular weight excluding hydrogens is 713 g/mol. The third kappa shape index (κ3) is 5.86. The molecule has 0 saturated carbocycles. The van der Waals surface area contributed by atoms with Crippen molar-refractivity contribution < 1.29 is 4.42 Å². The van der Waals surface area contributed by atoms with Crippen LogP contribution < -0.4 is 4.90 Å². The lowest BCUT2D eigenvalue weighted by Gasteiger charge is -2.27. The molecular formula is C53H34N2OS. The van der Waals surface area contributed by atoms with E-state index in [9.17, 15) is 0 Å². The number of hydrogen-bond donors (Lipinski definition) is 0. The van der Waals surface area contributed by atoms with Crippen LogP contribution in [0.5, 0.6) is 0 Å². The minimum Gasteiger partial charge on any atom is -0.434 e. The van der Waals surface area contributed by atoms with Crippen LogP contribution in [0.25, 0.3) is 86.9 Å². The van der Waals surface area contributed by atoms with Crippen LogP contribution in [0, 0.1) is 0 Å². The molecule has 0 radical (unpaired) electrons. The topological polar surface area (TPSA) is 29.3 Å². The van der Waals surface area contributed by atoms with Gasteiger partial charge in [-0.25, -0.2) is 4.98 Å². The van der Waals surface area contributed by atoms with Crippen molar-refractivity contribution in [2.24, 2.45) is 0 Å². The van der Waals surface area contributed by atoms with E-state index >= 15 is 0 Å². The average Bonchev–Trinajstić information content (AvgIpc) is 3.89. The largest absolute Gasteiger partial charge is 0.434 e. The Morgan fingerprint density at radius 1 is 0.421 bits per heavy atom. The van der Waals surface area contributed by atoms with Gasteiger partial charge in [-0.2, -0.15) is 0 Å². The maximum atomic E-state index is 6.92. The predicted molar refractivity (Wildman–Crippen MR) is 241 cm³/mol. The van der Waals surface area contributed by atoms with Crippen LogP contribution in [-0.2, 0) is 0 Å². The Balaban J connectivity index is 1.21. The monoisotopic (exact) mass is 746 g/mol. The fourth-order valence-corrected chi connectivity index (χ4v) is 9.32. The van der Waals surface area contributed by atoms with Crippen LogP contribution in [0.4, 0.5) is 17.1 Å². The van der Waals surface area contributed by atoms with E-state index in [0.717, 1.165) is 60.5 Å². The van der Waals surface area contributed by atoms with Crippen molar-refractivity contribution in [1.29, 1.82) is 0 Å². The summed E-state index contributed by atoms with van der Waals surface area (Å²) >= 11 is 1.80. The molecule has 4 heteroatoms. The molecule has 0 saturated heterocycles. The van der Waals surface area contributed by atoms with Crippen molar-refractivity contribution in [2.75, 3.05) is 4.90 Å². The summed E-state index contributed by atoms with van der Waals surface area (Å²) in [6.45, 7) is 0. The second-order valence-electron chi connectivity index (χ2n) is 14.3. The van der Waals surface area contributed by atoms with E-state index in [1.54, 1.807) is 11.3 Å². The van der Waals surface area contributed by atoms with Gasteiger partial charge in [-0.3, -0.25) is 0 Å². The second kappa shape index (κ2) is 13.8. The van der Waals surface area contributed by atoms with Crippen molar-refractivity contribution >= 4 is 70.4 Å². The molecule has 9 aromatic carbocycles. The summed E-state index contributed by atoms with van der Waals surface area (Å²) in [5.41, 5.74) is 12.5. The van der Waals surface area contributed by atoms with E-state index in [0.29, 0.717) is 5.89 Å². The van der Waals surface area contributed by atoms with Gasteiger partial charge in [0, 0.05) is 32.4 Å². The molecule has 268 valence electrons. The zero-order valence-electron chi connectivity index (χ0n) is 30.8. The van der Waals surface area contributed by atoms with Crippen molar-refractivity contribution in [3.05, 3.63) is 206 Å². The fourth-order valence-electron chi connectivity index (χ4n) is 8.11. The lowest BCUT2D eigenvalue weighted by atomic mass is 9.92. The van der Waals surface area contributed by atoms with Gasteiger partial charge in [-0.15, -0.1) is 11.3 Å². The number of oxazole rings is 1. The van der Waals surface area contributed by atoms with Crippen molar-refractivity contribution in [2.45, 2.75) is 0 Å². The summed E-state index contributed by atoms with van der Waals surface area (Å²) in [7, 11) is 0. The summed E-state index contributed by atoms with van der Waals surface area (Å²) in [6, 6.07) is 73.5. The van der Waals surface area contributed by atoms with Crippen molar-refractivity contribution in [1.82, 2.24) is 4.98 Å². The van der Waals surface area contributed by atoms with Gasteiger partial charge in [0.15, 0.2) is 5.58 Å². The Kier molecular flexibility index (Phi) is 8.01. The first-order chi connectivity index (χ1) is 28.2. The van der Waals surface area contributed by atoms with E-state index in [2.05, 4.69) is 193 Å². The third-order valence-electron chi connectivity index (χ3n) is 10.9. The van der Waals surface area contributed by atoms with Crippen LogP contribution in [0.15, 0.2) is 211 Å². The van der Waals surface area contributed by atoms with E-state index in [1.165, 1.54) is 37.5 Å². The summed E-state index contributed by atoms with van der Waals surface area (Å²) in [6.07, 6.45) is 0. The minimum atomic E-state index is 0.601. The first kappa shape index (κ1) is 33.1. The van der Waals surface area contributed by atoms with Crippen LogP contribution in [0.2, 0.25) is 0 Å². The fraction of sp³-hybridized carbons (Fsp3) is 0. The molecule has 0 aliphatic heterocycles. The summed E-state index contributed by atoms with van der Waals surface area (Å²) < 4.78 is 9.28. The van der Waals surface area contributed by atoms with Crippen LogP contribution >= 0.6 is 11.3 Å². The maximum absolute atomic E-state index is 6.92. The number of benzene rings is 9. The molecule has 57 heavy (non-hydrogen) atoms. The van der Waals surface area contributed by atoms with E-state index in [-0.39, 0.29) is 0 Å². The van der Waals surface area contributed by atoms with E-state index in [1.807, 2.05) is 18.2 Å². The van der Waals surface area contributed by atoms with Crippen LogP contribution in [0.3, 0.4) is 0 Å². The first-order valence-corrected chi connectivity index (χ1v) is 20.0. The zero-order chi connectivity index (χ0) is 37.7. The number of rotatable bonds is 7. The smallest absolute Gasteiger partial charge is 0.227 e. The summed E-state index contributed by atoms with van der Waals surface area (Å²) in [4.78, 5) is 7.55. The van der Waals surface area contributed by atoms with Gasteiger partial charge in [0.05, 0.1) is 4.70 Å². The predicted octanol–water partition coefficient (Wildman–Crippen LogP) is 15.5. The van der Waals surface area contributed by atoms with E-state index < -0.39 is 0 Å². The Labute approximate surface area is 334 Å². The zero-order valence-corrected chi connectivity index (χ0v) is 31.7. The number of anilines is 3. The van der Waals surface area contributed by atoms with Gasteiger partial charge in [0.2, 0.25) is 5.89 Å². The first-order valence-electron chi connectivity index (χ1n) is 19.2. The summed E-state index contributed by atoms with van der Waals surface area (Å²) in [5.74, 6) is 0.601. The third-order valence-corrected chi connectivity index (χ3v) is 12.1. The van der Waals surface area contributed by atoms with Crippen LogP contribution in [0.1, 0.15) is 0 Å². The maximum Gasteiger partial charge on any atom is 0.227 e. The standard InChI is InChI=1S/C53H34N2OS/c1-4-14-35(15-5-1)37-26-28-42(29-27-37)55(43-30-31-44(38-17-6-2-7-18-38)46(33-43)41-25-24-36-16-10-11-21-40(36)32-41)50-51-48(54-53(56-51)39-19-8-3-9-20-39)34-47-45-22-12-13-23-49(45)57-52(47)50/h1-34H. The van der Waals surface area contributed by atoms with Gasteiger partial charge < -0.3 is 9.32 Å². The SMILES string of the molecule is c1ccc(-c2ccc(N(c3ccc(-c4ccccc4)c(-c4ccc5ccccc5c4)c3)c3c4oc(-c5ccccc5)nc4cc4c3sc3ccccc34)cc2)cc1. The normalized spacial score (nSPS) is 11.5. The highest BCUT2D eigenvalue weighted by Gasteiger charge is 2.26. The highest BCUT2D eigenvalue weighted by molar-refractivity contribution is 7.26. The van der Waals surface area contributed by atoms with Crippen molar-refractivity contribution in [3.8, 4) is 44.8 Å². The number of hydrogen-bond acceptors (Lipinski definition) is 4. The molecule has 3 nitrogen and oxygen atoms in total. The van der Waals surface area contributed by atoms with Crippen molar-refractivity contribution in [3.63, 3.8) is 0 Å². The molecule has 2 aromatic heterocycles. The average molecular weight is 747 g/mol. The molecule has 0 aliphatic rings. The number of fused-ring (bicyclic) bond motifs is 5. The quantitative estimate of drug-likeness (QED) is 0.163. The van der Waals surface area contributed by atoms with Gasteiger partial charge in [-0.05, 0) is 98.8 Å². The number of aromatic nitrogens is 1. The molecule has 0 spiro atoms. The molecule has 0 bridgehead atoms. The lowest BCUT2D eigenvalue weighted by Crippen LogP contribution is -2.11. The molecule has 11 aromatic rings. The molecule has 0 N–H and O–H groups in total. The van der Waals surface area contributed by atoms with Gasteiger partial charge in [0.1, 0.15) is 11.2 Å². The molecule has 0 atom stereocenters. The van der Waals surface area contributed by atoms with E-state index in [4.69, 9.17) is 9.40 Å². The van der Waals surface area contributed by atoms with Gasteiger partial charge in [0.25, 0.3) is 0 Å². The van der Waals surface area contributed by atoms with Gasteiger partial charge in [-0.1, -0.05) is 152 Å². The Morgan fingerprint density at radius 2 is 1.04 bits per heavy atom. The molecule has 0 aliphatic carbocycles. The van der Waals surface area contributed by atoms with Gasteiger partial charge >= 0.3 is 0 Å². The molecule has 11 rings (SSSR count). The highest BCUT2D eigenvalue weighted by atomic mass is 32.1. The van der Waals surface area contributed by atoms with Crippen LogP contribution in [-0.4, -0.2) is 4.98 Å². The minimum absolute atomic E-state index is 0.601. The second-order valence-corrected chi connectivity index (χ2v) is 15.4. The Morgan fingerprint density at radius 3 is 1.81 bits per heavy atom. The molecule has 0 fully saturated rings. The summed E-state index contributed by atoms with van der Waals surface area (Å²) in [5, 5.41) is 4.80. The Bertz CT molecular complexity index is 3220. The molecule has 0 amide bonds. The highest BCUT2D eigenvalue weighted by Crippen LogP contribution is 2.50. The molecule has 0 unspecified atom stereocenters. The number of thiophene rings is 1. The lowest BCUT2D eigenvalue weighted by molar-refractivity contribution is 0.620. The Hall–Kier alpha value is -7.27. The number of nitrogens with zero attached hydrogens (tertiary/aromatic N) is 2. The molecule has 2 heterocycles.